The van der Waals surface area contributed by atoms with Crippen LogP contribution >= 0.6 is 0 Å². The van der Waals surface area contributed by atoms with Crippen molar-refractivity contribution in [1.82, 2.24) is 5.32 Å². The van der Waals surface area contributed by atoms with Crippen molar-refractivity contribution >= 4 is 28.3 Å². The number of benzene rings is 5. The second kappa shape index (κ2) is 13.8. The summed E-state index contributed by atoms with van der Waals surface area (Å²) in [5.74, 6) is 1.10. The Morgan fingerprint density at radius 3 is 2.12 bits per heavy atom. The van der Waals surface area contributed by atoms with Crippen molar-refractivity contribution in [2.75, 3.05) is 18.5 Å². The van der Waals surface area contributed by atoms with E-state index in [0.717, 1.165) is 16.3 Å². The molecule has 0 spiro atoms. The zero-order valence-electron chi connectivity index (χ0n) is 22.4. The monoisotopic (exact) mass is 546 g/mol. The Hall–Kier alpha value is -5.14. The molecule has 7 heteroatoms. The van der Waals surface area contributed by atoms with Gasteiger partial charge in [-0.05, 0) is 53.4 Å². The molecule has 0 aliphatic carbocycles. The minimum absolute atomic E-state index is 0.0179. The first-order valence-corrected chi connectivity index (χ1v) is 13.3. The van der Waals surface area contributed by atoms with E-state index in [-0.39, 0.29) is 13.2 Å². The number of carbonyl (C=O) groups is 2. The van der Waals surface area contributed by atoms with E-state index >= 15 is 0 Å². The molecule has 0 heterocycles. The third kappa shape index (κ3) is 7.94. The van der Waals surface area contributed by atoms with Crippen LogP contribution in [0, 0.1) is 0 Å². The van der Waals surface area contributed by atoms with Crippen LogP contribution in [0.3, 0.4) is 0 Å². The molecule has 0 aliphatic heterocycles. The molecule has 0 fully saturated rings. The molecule has 0 aliphatic rings. The number of amides is 2. The number of para-hydroxylation sites is 1. The first-order valence-electron chi connectivity index (χ1n) is 13.3. The Morgan fingerprint density at radius 1 is 0.683 bits per heavy atom. The fourth-order valence-corrected chi connectivity index (χ4v) is 4.21. The molecule has 0 aromatic heterocycles. The molecular formula is C34H30N2O5. The molecule has 5 aromatic carbocycles. The average Bonchev–Trinajstić information content (AvgIpc) is 3.01. The Labute approximate surface area is 238 Å². The predicted octanol–water partition coefficient (Wildman–Crippen LogP) is 6.35. The van der Waals surface area contributed by atoms with E-state index in [0.29, 0.717) is 29.5 Å². The van der Waals surface area contributed by atoms with Crippen molar-refractivity contribution in [3.63, 3.8) is 0 Å². The van der Waals surface area contributed by atoms with Crippen LogP contribution in [0.4, 0.5) is 5.69 Å². The van der Waals surface area contributed by atoms with Gasteiger partial charge in [-0.3, -0.25) is 9.59 Å². The highest BCUT2D eigenvalue weighted by Crippen LogP contribution is 2.25. The number of rotatable bonds is 12. The summed E-state index contributed by atoms with van der Waals surface area (Å²) in [7, 11) is 0. The van der Waals surface area contributed by atoms with E-state index in [1.165, 1.54) is 0 Å². The number of hydrogen-bond donors (Lipinski definition) is 2. The highest BCUT2D eigenvalue weighted by molar-refractivity contribution is 5.97. The maximum Gasteiger partial charge on any atom is 0.258 e. The largest absolute Gasteiger partial charge is 0.483 e. The van der Waals surface area contributed by atoms with Crippen LogP contribution in [-0.2, 0) is 20.9 Å². The second-order valence-corrected chi connectivity index (χ2v) is 9.32. The van der Waals surface area contributed by atoms with Crippen molar-refractivity contribution < 1.29 is 23.8 Å². The van der Waals surface area contributed by atoms with Crippen LogP contribution in [0.2, 0.25) is 0 Å². The van der Waals surface area contributed by atoms with Crippen LogP contribution in [0.25, 0.3) is 10.8 Å². The van der Waals surface area contributed by atoms with Crippen molar-refractivity contribution in [2.45, 2.75) is 12.6 Å². The first kappa shape index (κ1) is 27.4. The first-order chi connectivity index (χ1) is 20.1. The number of fused-ring (bicyclic) bond motifs is 1. The summed E-state index contributed by atoms with van der Waals surface area (Å²) < 4.78 is 17.4. The molecule has 5 aromatic rings. The molecule has 0 saturated carbocycles. The topological polar surface area (TPSA) is 85.9 Å². The van der Waals surface area contributed by atoms with Gasteiger partial charge in [-0.15, -0.1) is 0 Å². The van der Waals surface area contributed by atoms with E-state index in [4.69, 9.17) is 14.2 Å². The van der Waals surface area contributed by atoms with E-state index in [1.54, 1.807) is 24.3 Å². The SMILES string of the molecule is O=C(COc1cccc2ccccc12)NC(COCc1ccccc1)C(=O)Nc1ccc(Oc2ccccc2)cc1. The van der Waals surface area contributed by atoms with Gasteiger partial charge in [0.1, 0.15) is 23.3 Å². The third-order valence-corrected chi connectivity index (χ3v) is 6.26. The van der Waals surface area contributed by atoms with Gasteiger partial charge in [0.15, 0.2) is 6.61 Å². The summed E-state index contributed by atoms with van der Waals surface area (Å²) in [6.07, 6.45) is 0. The molecule has 0 radical (unpaired) electrons. The molecule has 206 valence electrons. The summed E-state index contributed by atoms with van der Waals surface area (Å²) in [5, 5.41) is 7.53. The lowest BCUT2D eigenvalue weighted by Gasteiger charge is -2.19. The highest BCUT2D eigenvalue weighted by atomic mass is 16.5. The van der Waals surface area contributed by atoms with E-state index in [2.05, 4.69) is 10.6 Å². The van der Waals surface area contributed by atoms with Crippen molar-refractivity contribution in [3.05, 3.63) is 133 Å². The molecule has 2 amide bonds. The lowest BCUT2D eigenvalue weighted by atomic mass is 10.1. The van der Waals surface area contributed by atoms with Crippen molar-refractivity contribution in [3.8, 4) is 17.2 Å². The lowest BCUT2D eigenvalue weighted by Crippen LogP contribution is -2.48. The number of anilines is 1. The smallest absolute Gasteiger partial charge is 0.258 e. The van der Waals surface area contributed by atoms with Gasteiger partial charge in [0.25, 0.3) is 5.91 Å². The molecule has 41 heavy (non-hydrogen) atoms. The standard InChI is InChI=1S/C34H30N2O5/c37-33(24-40-32-17-9-13-26-12-7-8-16-30(26)32)36-31(23-39-22-25-10-3-1-4-11-25)34(38)35-27-18-20-29(21-19-27)41-28-14-5-2-6-15-28/h1-21,31H,22-24H2,(H,35,38)(H,36,37). The second-order valence-electron chi connectivity index (χ2n) is 9.32. The summed E-state index contributed by atoms with van der Waals surface area (Å²) in [5.41, 5.74) is 1.52. The Kier molecular flexibility index (Phi) is 9.22. The van der Waals surface area contributed by atoms with Crippen LogP contribution < -0.4 is 20.1 Å². The normalized spacial score (nSPS) is 11.4. The zero-order chi connectivity index (χ0) is 28.3. The summed E-state index contributed by atoms with van der Waals surface area (Å²) in [4.78, 5) is 26.1. The molecule has 1 unspecified atom stereocenters. The zero-order valence-corrected chi connectivity index (χ0v) is 22.4. The number of hydrogen-bond acceptors (Lipinski definition) is 5. The number of ether oxygens (including phenoxy) is 3. The van der Waals surface area contributed by atoms with Gasteiger partial charge >= 0.3 is 0 Å². The molecule has 7 nitrogen and oxygen atoms in total. The Morgan fingerprint density at radius 2 is 1.34 bits per heavy atom. The minimum atomic E-state index is -0.942. The molecule has 0 bridgehead atoms. The molecular weight excluding hydrogens is 516 g/mol. The summed E-state index contributed by atoms with van der Waals surface area (Å²) in [6, 6.07) is 38.6. The fraction of sp³-hybridized carbons (Fsp3) is 0.118. The minimum Gasteiger partial charge on any atom is -0.483 e. The maximum absolute atomic E-state index is 13.2. The van der Waals surface area contributed by atoms with Crippen LogP contribution in [0.5, 0.6) is 17.2 Å². The molecule has 0 saturated heterocycles. The van der Waals surface area contributed by atoms with Gasteiger partial charge in [0, 0.05) is 11.1 Å². The summed E-state index contributed by atoms with van der Waals surface area (Å²) in [6.45, 7) is 0.0381. The van der Waals surface area contributed by atoms with Gasteiger partial charge in [0.2, 0.25) is 5.91 Å². The van der Waals surface area contributed by atoms with Crippen molar-refractivity contribution in [1.29, 1.82) is 0 Å². The van der Waals surface area contributed by atoms with Crippen molar-refractivity contribution in [2.24, 2.45) is 0 Å². The Bertz CT molecular complexity index is 1570. The third-order valence-electron chi connectivity index (χ3n) is 6.26. The predicted molar refractivity (Wildman–Crippen MR) is 159 cm³/mol. The highest BCUT2D eigenvalue weighted by Gasteiger charge is 2.22. The van der Waals surface area contributed by atoms with Crippen LogP contribution in [0.15, 0.2) is 127 Å². The summed E-state index contributed by atoms with van der Waals surface area (Å²) >= 11 is 0. The fourth-order valence-electron chi connectivity index (χ4n) is 4.21. The van der Waals surface area contributed by atoms with Gasteiger partial charge in [-0.25, -0.2) is 0 Å². The van der Waals surface area contributed by atoms with E-state index < -0.39 is 17.9 Å². The van der Waals surface area contributed by atoms with Gasteiger partial charge in [0.05, 0.1) is 13.2 Å². The molecule has 2 N–H and O–H groups in total. The van der Waals surface area contributed by atoms with Crippen LogP contribution in [0.1, 0.15) is 5.56 Å². The average molecular weight is 547 g/mol. The number of carbonyl (C=O) groups excluding carboxylic acids is 2. The van der Waals surface area contributed by atoms with Gasteiger partial charge in [-0.1, -0.05) is 84.9 Å². The molecule has 5 rings (SSSR count). The molecule has 1 atom stereocenters. The maximum atomic E-state index is 13.2. The number of nitrogens with one attached hydrogen (secondary N) is 2. The van der Waals surface area contributed by atoms with Crippen LogP contribution in [-0.4, -0.2) is 31.1 Å². The Balaban J connectivity index is 1.21. The van der Waals surface area contributed by atoms with E-state index in [9.17, 15) is 9.59 Å². The van der Waals surface area contributed by atoms with Gasteiger partial charge in [-0.2, -0.15) is 0 Å². The van der Waals surface area contributed by atoms with E-state index in [1.807, 2.05) is 103 Å². The quantitative estimate of drug-likeness (QED) is 0.190. The lowest BCUT2D eigenvalue weighted by molar-refractivity contribution is -0.129. The van der Waals surface area contributed by atoms with Gasteiger partial charge < -0.3 is 24.8 Å².